The third kappa shape index (κ3) is 12.7. The van der Waals surface area contributed by atoms with Crippen LogP contribution < -0.4 is 22.1 Å². The fourth-order valence-corrected chi connectivity index (χ4v) is 2.88. The quantitative estimate of drug-likeness (QED) is 0.160. The lowest BCUT2D eigenvalue weighted by Gasteiger charge is -2.25. The largest absolute Gasteiger partial charge is 0.481 e. The van der Waals surface area contributed by atoms with Gasteiger partial charge >= 0.3 is 11.9 Å². The monoisotopic (exact) mass is 448 g/mol. The van der Waals surface area contributed by atoms with E-state index in [1.807, 2.05) is 13.8 Å². The van der Waals surface area contributed by atoms with Gasteiger partial charge in [0, 0.05) is 12.5 Å². The Morgan fingerprint density at radius 1 is 1.00 bits per heavy atom. The molecule has 174 valence electrons. The smallest absolute Gasteiger partial charge is 0.320 e. The summed E-state index contributed by atoms with van der Waals surface area (Å²) in [7, 11) is 0. The van der Waals surface area contributed by atoms with Gasteiger partial charge in [-0.25, -0.2) is 0 Å². The summed E-state index contributed by atoms with van der Waals surface area (Å²) in [6, 6.07) is -2.64. The van der Waals surface area contributed by atoms with Crippen LogP contribution in [0.3, 0.4) is 0 Å². The third-order valence-electron chi connectivity index (χ3n) is 4.78. The Hall–Kier alpha value is -1.85. The first-order valence-corrected chi connectivity index (χ1v) is 10.7. The number of amides is 2. The number of nitrogens with two attached hydrogens (primary N) is 2. The van der Waals surface area contributed by atoms with E-state index in [4.69, 9.17) is 21.7 Å². The molecule has 0 aromatic heterocycles. The highest BCUT2D eigenvalue weighted by atomic mass is 32.1. The zero-order chi connectivity index (χ0) is 23.3. The Morgan fingerprint density at radius 3 is 2.13 bits per heavy atom. The van der Waals surface area contributed by atoms with Crippen LogP contribution in [0, 0.1) is 11.8 Å². The maximum absolute atomic E-state index is 12.8. The first-order chi connectivity index (χ1) is 14.0. The molecule has 0 spiro atoms. The van der Waals surface area contributed by atoms with Crippen LogP contribution in [-0.4, -0.2) is 64.4 Å². The van der Waals surface area contributed by atoms with Crippen molar-refractivity contribution in [2.75, 3.05) is 12.3 Å². The molecule has 10 nitrogen and oxygen atoms in total. The summed E-state index contributed by atoms with van der Waals surface area (Å²) in [6.45, 7) is 4.28. The van der Waals surface area contributed by atoms with Gasteiger partial charge in [-0.15, -0.1) is 0 Å². The molecule has 0 aliphatic rings. The molecule has 0 saturated carbocycles. The number of carbonyl (C=O) groups excluding carboxylic acids is 2. The molecule has 0 rings (SSSR count). The molecular formula is C19H36N4O6S. The molecule has 8 N–H and O–H groups in total. The van der Waals surface area contributed by atoms with Gasteiger partial charge in [-0.05, 0) is 49.8 Å². The third-order valence-corrected chi connectivity index (χ3v) is 5.40. The summed E-state index contributed by atoms with van der Waals surface area (Å²) in [6.07, 6.45) is 0.984. The number of carbonyl (C=O) groups is 4. The molecule has 0 bridgehead atoms. The first-order valence-electron chi connectivity index (χ1n) is 10.1. The summed E-state index contributed by atoms with van der Waals surface area (Å²) < 4.78 is 0. The van der Waals surface area contributed by atoms with Crippen LogP contribution in [0.25, 0.3) is 0 Å². The predicted octanol–water partition coefficient (Wildman–Crippen LogP) is -0.0462. The highest BCUT2D eigenvalue weighted by Gasteiger charge is 2.26. The summed E-state index contributed by atoms with van der Waals surface area (Å²) in [5.41, 5.74) is 11.0. The first kappa shape index (κ1) is 28.1. The van der Waals surface area contributed by atoms with E-state index >= 15 is 0 Å². The van der Waals surface area contributed by atoms with Crippen molar-refractivity contribution in [3.8, 4) is 0 Å². The fraction of sp³-hybridized carbons (Fsp3) is 0.789. The van der Waals surface area contributed by atoms with Crippen LogP contribution in [0.15, 0.2) is 0 Å². The lowest BCUT2D eigenvalue weighted by molar-refractivity contribution is -0.140. The second-order valence-electron chi connectivity index (χ2n) is 7.85. The van der Waals surface area contributed by atoms with Crippen LogP contribution in [-0.2, 0) is 19.2 Å². The Morgan fingerprint density at radius 2 is 1.63 bits per heavy atom. The topological polar surface area (TPSA) is 185 Å². The standard InChI is InChI=1S/C19H36N4O6S/c1-11(9-20)3-4-13(8-17(25)26)22-18(27)15(7-12(2)10-30)23-16(24)6-5-14(21)19(28)29/h11-15,30H,3-10,20-21H2,1-2H3,(H,22,27)(H,23,24)(H,25,26)(H,28,29). The molecule has 30 heavy (non-hydrogen) atoms. The van der Waals surface area contributed by atoms with Crippen LogP contribution in [0.1, 0.15) is 52.4 Å². The highest BCUT2D eigenvalue weighted by molar-refractivity contribution is 7.80. The van der Waals surface area contributed by atoms with Gasteiger partial charge in [-0.2, -0.15) is 12.6 Å². The van der Waals surface area contributed by atoms with Crippen molar-refractivity contribution in [3.63, 3.8) is 0 Å². The van der Waals surface area contributed by atoms with Crippen LogP contribution >= 0.6 is 12.6 Å². The van der Waals surface area contributed by atoms with Crippen molar-refractivity contribution in [1.82, 2.24) is 10.6 Å². The average Bonchev–Trinajstić information content (AvgIpc) is 2.68. The van der Waals surface area contributed by atoms with Crippen molar-refractivity contribution in [2.45, 2.75) is 70.5 Å². The summed E-state index contributed by atoms with van der Waals surface area (Å²) in [5, 5.41) is 23.3. The number of hydrogen-bond acceptors (Lipinski definition) is 7. The summed E-state index contributed by atoms with van der Waals surface area (Å²) in [5.74, 6) is -2.51. The minimum Gasteiger partial charge on any atom is -0.481 e. The number of carboxylic acid groups (broad SMARTS) is 2. The zero-order valence-corrected chi connectivity index (χ0v) is 18.6. The number of carboxylic acids is 2. The molecule has 5 unspecified atom stereocenters. The second-order valence-corrected chi connectivity index (χ2v) is 8.21. The Bertz CT molecular complexity index is 577. The van der Waals surface area contributed by atoms with Crippen molar-refractivity contribution < 1.29 is 29.4 Å². The van der Waals surface area contributed by atoms with Crippen molar-refractivity contribution in [2.24, 2.45) is 23.3 Å². The second kappa shape index (κ2) is 15.0. The van der Waals surface area contributed by atoms with E-state index in [1.54, 1.807) is 0 Å². The lowest BCUT2D eigenvalue weighted by atomic mass is 9.98. The van der Waals surface area contributed by atoms with Gasteiger partial charge < -0.3 is 32.3 Å². The maximum atomic E-state index is 12.8. The van der Waals surface area contributed by atoms with Gasteiger partial charge in [-0.1, -0.05) is 13.8 Å². The highest BCUT2D eigenvalue weighted by Crippen LogP contribution is 2.12. The van der Waals surface area contributed by atoms with Gasteiger partial charge in [0.1, 0.15) is 12.1 Å². The van der Waals surface area contributed by atoms with E-state index in [0.29, 0.717) is 31.6 Å². The van der Waals surface area contributed by atoms with Gasteiger partial charge in [-0.3, -0.25) is 19.2 Å². The molecule has 11 heteroatoms. The number of rotatable bonds is 16. The zero-order valence-electron chi connectivity index (χ0n) is 17.7. The van der Waals surface area contributed by atoms with E-state index in [9.17, 15) is 19.2 Å². The number of hydrogen-bond donors (Lipinski definition) is 7. The lowest BCUT2D eigenvalue weighted by Crippen LogP contribution is -2.51. The molecule has 0 aromatic rings. The van der Waals surface area contributed by atoms with Crippen LogP contribution in [0.4, 0.5) is 0 Å². The Balaban J connectivity index is 5.08. The molecule has 0 aromatic carbocycles. The summed E-state index contributed by atoms with van der Waals surface area (Å²) >= 11 is 4.21. The van der Waals surface area contributed by atoms with Crippen molar-refractivity contribution >= 4 is 36.4 Å². The van der Waals surface area contributed by atoms with Crippen molar-refractivity contribution in [1.29, 1.82) is 0 Å². The molecule has 0 fully saturated rings. The van der Waals surface area contributed by atoms with Gasteiger partial charge in [0.2, 0.25) is 11.8 Å². The van der Waals surface area contributed by atoms with Crippen molar-refractivity contribution in [3.05, 3.63) is 0 Å². The fourth-order valence-electron chi connectivity index (χ4n) is 2.73. The van der Waals surface area contributed by atoms with E-state index in [1.165, 1.54) is 0 Å². The molecule has 2 amide bonds. The van der Waals surface area contributed by atoms with E-state index in [2.05, 4.69) is 23.3 Å². The molecular weight excluding hydrogens is 412 g/mol. The minimum absolute atomic E-state index is 0.0147. The van der Waals surface area contributed by atoms with Crippen LogP contribution in [0.5, 0.6) is 0 Å². The van der Waals surface area contributed by atoms with Crippen LogP contribution in [0.2, 0.25) is 0 Å². The van der Waals surface area contributed by atoms with Gasteiger partial charge in [0.25, 0.3) is 0 Å². The summed E-state index contributed by atoms with van der Waals surface area (Å²) in [4.78, 5) is 46.9. The van der Waals surface area contributed by atoms with E-state index < -0.39 is 41.9 Å². The molecule has 0 heterocycles. The predicted molar refractivity (Wildman–Crippen MR) is 116 cm³/mol. The van der Waals surface area contributed by atoms with E-state index in [0.717, 1.165) is 0 Å². The number of nitrogens with one attached hydrogen (secondary N) is 2. The normalized spacial score (nSPS) is 16.0. The van der Waals surface area contributed by atoms with Gasteiger partial charge in [0.15, 0.2) is 0 Å². The SMILES string of the molecule is CC(CN)CCC(CC(=O)O)NC(=O)C(CC(C)CS)NC(=O)CCC(N)C(=O)O. The molecule has 0 saturated heterocycles. The Labute approximate surface area is 182 Å². The average molecular weight is 449 g/mol. The maximum Gasteiger partial charge on any atom is 0.320 e. The number of thiol groups is 1. The minimum atomic E-state index is -1.20. The Kier molecular flexibility index (Phi) is 14.1. The van der Waals surface area contributed by atoms with Gasteiger partial charge in [0.05, 0.1) is 6.42 Å². The molecule has 0 aliphatic heterocycles. The number of aliphatic carboxylic acids is 2. The molecule has 0 radical (unpaired) electrons. The van der Waals surface area contributed by atoms with E-state index in [-0.39, 0.29) is 31.1 Å². The molecule has 5 atom stereocenters. The molecule has 0 aliphatic carbocycles.